The molecule has 0 aliphatic heterocycles. The van der Waals surface area contributed by atoms with E-state index in [-0.39, 0.29) is 0 Å². The topological polar surface area (TPSA) is 25.8 Å². The third-order valence-corrected chi connectivity index (χ3v) is 8.17. The molecule has 170 valence electrons. The van der Waals surface area contributed by atoms with Crippen molar-refractivity contribution in [2.75, 3.05) is 0 Å². The van der Waals surface area contributed by atoms with Crippen molar-refractivity contribution in [1.29, 1.82) is 0 Å². The second-order valence-electron chi connectivity index (χ2n) is 10.6. The lowest BCUT2D eigenvalue weighted by atomic mass is 9.74. The first-order valence-electron chi connectivity index (χ1n) is 13.6. The molecule has 0 unspecified atom stereocenters. The lowest BCUT2D eigenvalue weighted by molar-refractivity contribution is 0.221. The lowest BCUT2D eigenvalue weighted by Gasteiger charge is -2.31. The zero-order valence-electron chi connectivity index (χ0n) is 20.1. The smallest absolute Gasteiger partial charge is 0.131 e. The highest BCUT2D eigenvalue weighted by molar-refractivity contribution is 5.08. The maximum atomic E-state index is 4.75. The molecule has 0 bridgehead atoms. The summed E-state index contributed by atoms with van der Waals surface area (Å²) in [6.45, 7) is 4.58. The van der Waals surface area contributed by atoms with E-state index in [1.165, 1.54) is 115 Å². The van der Waals surface area contributed by atoms with Crippen molar-refractivity contribution < 1.29 is 0 Å². The molecule has 1 aromatic heterocycles. The Balaban J connectivity index is 1.29. The molecular formula is C28H48N2. The van der Waals surface area contributed by atoms with Gasteiger partial charge in [0.05, 0.1) is 0 Å². The molecule has 2 aliphatic rings. The van der Waals surface area contributed by atoms with Crippen LogP contribution in [0.15, 0.2) is 12.4 Å². The quantitative estimate of drug-likeness (QED) is 0.321. The molecule has 0 amide bonds. The van der Waals surface area contributed by atoms with E-state index in [1.807, 2.05) is 0 Å². The molecule has 0 radical (unpaired) electrons. The predicted octanol–water partition coefficient (Wildman–Crippen LogP) is 8.65. The highest BCUT2D eigenvalue weighted by Crippen LogP contribution is 2.39. The van der Waals surface area contributed by atoms with Crippen molar-refractivity contribution in [2.45, 2.75) is 135 Å². The van der Waals surface area contributed by atoms with Crippen LogP contribution < -0.4 is 0 Å². The van der Waals surface area contributed by atoms with Gasteiger partial charge in [-0.25, -0.2) is 9.97 Å². The van der Waals surface area contributed by atoms with Gasteiger partial charge in [0, 0.05) is 18.3 Å². The van der Waals surface area contributed by atoms with Crippen LogP contribution in [0.25, 0.3) is 0 Å². The first kappa shape index (κ1) is 23.7. The fourth-order valence-electron chi connectivity index (χ4n) is 5.96. The molecule has 1 aromatic rings. The van der Waals surface area contributed by atoms with Crippen molar-refractivity contribution in [3.63, 3.8) is 0 Å². The zero-order valence-corrected chi connectivity index (χ0v) is 20.1. The van der Waals surface area contributed by atoms with Crippen LogP contribution in [0.2, 0.25) is 0 Å². The van der Waals surface area contributed by atoms with Gasteiger partial charge >= 0.3 is 0 Å². The Labute approximate surface area is 187 Å². The molecule has 1 heterocycles. The fourth-order valence-corrected chi connectivity index (χ4v) is 5.96. The fraction of sp³-hybridized carbons (Fsp3) is 0.857. The number of rotatable bonds is 12. The first-order valence-corrected chi connectivity index (χ1v) is 13.6. The molecular weight excluding hydrogens is 364 g/mol. The average molecular weight is 413 g/mol. The SMILES string of the molecule is CCCCCc1cnc(C2CCC(CC[C@H]3CC[C@H](CCCCC)CC3)CC2)nc1. The van der Waals surface area contributed by atoms with E-state index in [4.69, 9.17) is 9.97 Å². The molecule has 0 saturated heterocycles. The van der Waals surface area contributed by atoms with Gasteiger partial charge in [0.15, 0.2) is 0 Å². The van der Waals surface area contributed by atoms with Crippen LogP contribution in [0.1, 0.15) is 140 Å². The normalized spacial score (nSPS) is 27.3. The van der Waals surface area contributed by atoms with Crippen LogP contribution in [-0.4, -0.2) is 9.97 Å². The second-order valence-corrected chi connectivity index (χ2v) is 10.6. The summed E-state index contributed by atoms with van der Waals surface area (Å²) in [7, 11) is 0. The Morgan fingerprint density at radius 2 is 1.13 bits per heavy atom. The molecule has 3 rings (SSSR count). The Morgan fingerprint density at radius 1 is 0.633 bits per heavy atom. The summed E-state index contributed by atoms with van der Waals surface area (Å²) < 4.78 is 0. The number of nitrogens with zero attached hydrogens (tertiary/aromatic N) is 2. The molecule has 0 aromatic carbocycles. The summed E-state index contributed by atoms with van der Waals surface area (Å²) in [6.07, 6.45) is 29.5. The molecule has 2 aliphatic carbocycles. The molecule has 2 fully saturated rings. The van der Waals surface area contributed by atoms with Gasteiger partial charge in [0.1, 0.15) is 5.82 Å². The molecule has 0 atom stereocenters. The van der Waals surface area contributed by atoms with Gasteiger partial charge in [-0.1, -0.05) is 90.9 Å². The summed E-state index contributed by atoms with van der Waals surface area (Å²) >= 11 is 0. The van der Waals surface area contributed by atoms with Crippen LogP contribution >= 0.6 is 0 Å². The standard InChI is InChI=1S/C28H48N2/c1-3-5-7-9-23-11-13-24(14-12-23)15-16-25-17-19-27(20-18-25)28-29-21-26(22-30-28)10-8-6-4-2/h21-25,27H,3-20H2,1-2H3/t23-,24-,25?,27?. The minimum absolute atomic E-state index is 0.615. The van der Waals surface area contributed by atoms with Crippen molar-refractivity contribution in [2.24, 2.45) is 17.8 Å². The van der Waals surface area contributed by atoms with E-state index in [0.29, 0.717) is 5.92 Å². The Bertz CT molecular complexity index is 551. The maximum absolute atomic E-state index is 4.75. The highest BCUT2D eigenvalue weighted by Gasteiger charge is 2.26. The van der Waals surface area contributed by atoms with Crippen LogP contribution in [0, 0.1) is 17.8 Å². The first-order chi connectivity index (χ1) is 14.8. The minimum atomic E-state index is 0.615. The summed E-state index contributed by atoms with van der Waals surface area (Å²) in [4.78, 5) is 9.50. The van der Waals surface area contributed by atoms with Gasteiger partial charge in [-0.3, -0.25) is 0 Å². The van der Waals surface area contributed by atoms with Crippen LogP contribution in [0.3, 0.4) is 0 Å². The summed E-state index contributed by atoms with van der Waals surface area (Å²) in [5.41, 5.74) is 1.32. The highest BCUT2D eigenvalue weighted by atomic mass is 14.9. The number of aromatic nitrogens is 2. The summed E-state index contributed by atoms with van der Waals surface area (Å²) in [5.74, 6) is 4.80. The number of unbranched alkanes of at least 4 members (excludes halogenated alkanes) is 4. The van der Waals surface area contributed by atoms with Gasteiger partial charge in [-0.2, -0.15) is 0 Å². The largest absolute Gasteiger partial charge is 0.241 e. The lowest BCUT2D eigenvalue weighted by Crippen LogP contribution is -2.18. The molecule has 2 nitrogen and oxygen atoms in total. The number of hydrogen-bond donors (Lipinski definition) is 0. The molecule has 2 heteroatoms. The Morgan fingerprint density at radius 3 is 1.70 bits per heavy atom. The Hall–Kier alpha value is -0.920. The molecule has 2 saturated carbocycles. The Kier molecular flexibility index (Phi) is 10.7. The molecule has 30 heavy (non-hydrogen) atoms. The third kappa shape index (κ3) is 7.97. The van der Waals surface area contributed by atoms with E-state index in [0.717, 1.165) is 30.0 Å². The maximum Gasteiger partial charge on any atom is 0.131 e. The summed E-state index contributed by atoms with van der Waals surface area (Å²) in [6, 6.07) is 0. The van der Waals surface area contributed by atoms with Crippen molar-refractivity contribution in [3.8, 4) is 0 Å². The van der Waals surface area contributed by atoms with E-state index in [2.05, 4.69) is 26.2 Å². The van der Waals surface area contributed by atoms with E-state index in [9.17, 15) is 0 Å². The minimum Gasteiger partial charge on any atom is -0.241 e. The van der Waals surface area contributed by atoms with Crippen molar-refractivity contribution in [1.82, 2.24) is 9.97 Å². The van der Waals surface area contributed by atoms with E-state index < -0.39 is 0 Å². The van der Waals surface area contributed by atoms with Crippen LogP contribution in [-0.2, 0) is 6.42 Å². The predicted molar refractivity (Wildman–Crippen MR) is 129 cm³/mol. The van der Waals surface area contributed by atoms with Gasteiger partial charge in [-0.05, 0) is 61.8 Å². The van der Waals surface area contributed by atoms with Gasteiger partial charge in [0.2, 0.25) is 0 Å². The summed E-state index contributed by atoms with van der Waals surface area (Å²) in [5, 5.41) is 0. The van der Waals surface area contributed by atoms with Crippen molar-refractivity contribution >= 4 is 0 Å². The van der Waals surface area contributed by atoms with Gasteiger partial charge in [-0.15, -0.1) is 0 Å². The zero-order chi connectivity index (χ0) is 21.0. The van der Waals surface area contributed by atoms with Gasteiger partial charge < -0.3 is 0 Å². The van der Waals surface area contributed by atoms with E-state index in [1.54, 1.807) is 0 Å². The monoisotopic (exact) mass is 412 g/mol. The average Bonchev–Trinajstić information content (AvgIpc) is 2.80. The molecule has 0 N–H and O–H groups in total. The van der Waals surface area contributed by atoms with Gasteiger partial charge in [0.25, 0.3) is 0 Å². The number of aryl methyl sites for hydroxylation is 1. The molecule has 0 spiro atoms. The van der Waals surface area contributed by atoms with E-state index >= 15 is 0 Å². The van der Waals surface area contributed by atoms with Crippen LogP contribution in [0.5, 0.6) is 0 Å². The second kappa shape index (κ2) is 13.5. The van der Waals surface area contributed by atoms with Crippen LogP contribution in [0.4, 0.5) is 0 Å². The number of hydrogen-bond acceptors (Lipinski definition) is 2. The third-order valence-electron chi connectivity index (χ3n) is 8.17. The van der Waals surface area contributed by atoms with Crippen molar-refractivity contribution in [3.05, 3.63) is 23.8 Å².